The Balaban J connectivity index is 1.45. The Morgan fingerprint density at radius 3 is 2.76 bits per heavy atom. The Bertz CT molecular complexity index is 783. The number of aromatic nitrogens is 2. The molecule has 6 nitrogen and oxygen atoms in total. The highest BCUT2D eigenvalue weighted by atomic mass is 16.5. The molecule has 0 aliphatic heterocycles. The summed E-state index contributed by atoms with van der Waals surface area (Å²) in [7, 11) is 4.03. The quantitative estimate of drug-likeness (QED) is 0.702. The van der Waals surface area contributed by atoms with Crippen LogP contribution in [0.5, 0.6) is 5.75 Å². The zero-order chi connectivity index (χ0) is 20.6. The van der Waals surface area contributed by atoms with Crippen LogP contribution in [0.4, 0.5) is 0 Å². The van der Waals surface area contributed by atoms with E-state index in [1.165, 1.54) is 30.4 Å². The van der Waals surface area contributed by atoms with Crippen LogP contribution in [0, 0.1) is 5.92 Å². The number of hydrogen-bond donors (Lipinski definition) is 1. The van der Waals surface area contributed by atoms with Crippen molar-refractivity contribution in [1.82, 2.24) is 20.0 Å². The van der Waals surface area contributed by atoms with Gasteiger partial charge in [-0.15, -0.1) is 0 Å². The molecule has 6 heteroatoms. The number of benzene rings is 1. The minimum atomic E-state index is -0.0640. The molecule has 0 saturated heterocycles. The highest BCUT2D eigenvalue weighted by Crippen LogP contribution is 2.23. The lowest BCUT2D eigenvalue weighted by molar-refractivity contribution is -0.126. The van der Waals surface area contributed by atoms with Crippen molar-refractivity contribution in [1.29, 1.82) is 0 Å². The standard InChI is InChI=1S/C23H34N4O2/c1-18(13-24-23(28)21-9-5-4-6-10-21)29-22-11-7-8-19(12-22)15-26(2)16-20-14-25-27(3)17-20/h7-8,11-12,14,17-18,21H,4-6,9-10,13,15-16H2,1-3H3,(H,24,28). The molecule has 158 valence electrons. The van der Waals surface area contributed by atoms with Crippen LogP contribution in [-0.2, 0) is 24.9 Å². The van der Waals surface area contributed by atoms with Crippen LogP contribution in [-0.4, -0.2) is 40.3 Å². The first kappa shape index (κ1) is 21.4. The van der Waals surface area contributed by atoms with Gasteiger partial charge < -0.3 is 10.1 Å². The third-order valence-corrected chi connectivity index (χ3v) is 5.44. The molecule has 1 N–H and O–H groups in total. The summed E-state index contributed by atoms with van der Waals surface area (Å²) < 4.78 is 7.87. The molecule has 3 rings (SSSR count). The van der Waals surface area contributed by atoms with E-state index in [4.69, 9.17) is 4.74 Å². The predicted molar refractivity (Wildman–Crippen MR) is 114 cm³/mol. The van der Waals surface area contributed by atoms with E-state index in [0.717, 1.165) is 31.7 Å². The van der Waals surface area contributed by atoms with Gasteiger partial charge in [-0.05, 0) is 44.5 Å². The highest BCUT2D eigenvalue weighted by Gasteiger charge is 2.21. The molecular formula is C23H34N4O2. The summed E-state index contributed by atoms with van der Waals surface area (Å²) in [4.78, 5) is 14.6. The summed E-state index contributed by atoms with van der Waals surface area (Å²) in [5, 5.41) is 7.29. The molecule has 1 aromatic carbocycles. The van der Waals surface area contributed by atoms with Crippen molar-refractivity contribution in [3.05, 3.63) is 47.8 Å². The lowest BCUT2D eigenvalue weighted by atomic mass is 9.89. The fourth-order valence-corrected chi connectivity index (χ4v) is 3.98. The number of amides is 1. The van der Waals surface area contributed by atoms with Gasteiger partial charge in [-0.25, -0.2) is 0 Å². The molecule has 1 unspecified atom stereocenters. The summed E-state index contributed by atoms with van der Waals surface area (Å²) in [5.41, 5.74) is 2.40. The molecule has 1 aliphatic carbocycles. The monoisotopic (exact) mass is 398 g/mol. The van der Waals surface area contributed by atoms with Crippen LogP contribution >= 0.6 is 0 Å². The zero-order valence-electron chi connectivity index (χ0n) is 17.9. The van der Waals surface area contributed by atoms with Gasteiger partial charge in [-0.3, -0.25) is 14.4 Å². The van der Waals surface area contributed by atoms with Crippen molar-refractivity contribution >= 4 is 5.91 Å². The van der Waals surface area contributed by atoms with Crippen molar-refractivity contribution in [2.75, 3.05) is 13.6 Å². The SMILES string of the molecule is CC(CNC(=O)C1CCCCC1)Oc1cccc(CN(C)Cc2cnn(C)c2)c1. The molecule has 1 aromatic heterocycles. The van der Waals surface area contributed by atoms with E-state index in [2.05, 4.69) is 34.5 Å². The summed E-state index contributed by atoms with van der Waals surface area (Å²) >= 11 is 0. The Kier molecular flexibility index (Phi) is 7.69. The fraction of sp³-hybridized carbons (Fsp3) is 0.565. The minimum Gasteiger partial charge on any atom is -0.489 e. The summed E-state index contributed by atoms with van der Waals surface area (Å²) in [6, 6.07) is 8.20. The molecule has 1 atom stereocenters. The predicted octanol–water partition coefficient (Wildman–Crippen LogP) is 3.52. The summed E-state index contributed by atoms with van der Waals surface area (Å²) in [6.45, 7) is 4.23. The van der Waals surface area contributed by atoms with Gasteiger partial charge in [0.1, 0.15) is 11.9 Å². The average molecular weight is 399 g/mol. The van der Waals surface area contributed by atoms with Crippen LogP contribution in [0.15, 0.2) is 36.7 Å². The second-order valence-electron chi connectivity index (χ2n) is 8.35. The second kappa shape index (κ2) is 10.4. The Hall–Kier alpha value is -2.34. The van der Waals surface area contributed by atoms with E-state index in [1.54, 1.807) is 0 Å². The molecule has 0 bridgehead atoms. The first-order chi connectivity index (χ1) is 14.0. The molecule has 1 saturated carbocycles. The number of hydrogen-bond acceptors (Lipinski definition) is 4. The number of aryl methyl sites for hydroxylation is 1. The molecular weight excluding hydrogens is 364 g/mol. The van der Waals surface area contributed by atoms with Crippen molar-refractivity contribution in [3.63, 3.8) is 0 Å². The smallest absolute Gasteiger partial charge is 0.223 e. The van der Waals surface area contributed by atoms with Gasteiger partial charge in [0.15, 0.2) is 0 Å². The van der Waals surface area contributed by atoms with Crippen LogP contribution in [0.3, 0.4) is 0 Å². The molecule has 1 aliphatic rings. The van der Waals surface area contributed by atoms with E-state index < -0.39 is 0 Å². The minimum absolute atomic E-state index is 0.0640. The van der Waals surface area contributed by atoms with Crippen molar-refractivity contribution in [2.45, 2.75) is 58.2 Å². The van der Waals surface area contributed by atoms with Gasteiger partial charge >= 0.3 is 0 Å². The highest BCUT2D eigenvalue weighted by molar-refractivity contribution is 5.78. The number of ether oxygens (including phenoxy) is 1. The first-order valence-corrected chi connectivity index (χ1v) is 10.7. The van der Waals surface area contributed by atoms with Crippen LogP contribution < -0.4 is 10.1 Å². The maximum absolute atomic E-state index is 12.3. The van der Waals surface area contributed by atoms with E-state index in [-0.39, 0.29) is 17.9 Å². The normalized spacial score (nSPS) is 16.0. The van der Waals surface area contributed by atoms with E-state index in [0.29, 0.717) is 6.54 Å². The third kappa shape index (κ3) is 6.89. The fourth-order valence-electron chi connectivity index (χ4n) is 3.98. The first-order valence-electron chi connectivity index (χ1n) is 10.7. The second-order valence-corrected chi connectivity index (χ2v) is 8.35. The molecule has 1 fully saturated rings. The largest absolute Gasteiger partial charge is 0.489 e. The molecule has 0 radical (unpaired) electrons. The number of carbonyl (C=O) groups is 1. The van der Waals surface area contributed by atoms with Gasteiger partial charge in [-0.1, -0.05) is 31.4 Å². The van der Waals surface area contributed by atoms with E-state index >= 15 is 0 Å². The number of rotatable bonds is 9. The molecule has 0 spiro atoms. The molecule has 2 aromatic rings. The van der Waals surface area contributed by atoms with Gasteiger partial charge in [0, 0.05) is 37.8 Å². The lowest BCUT2D eigenvalue weighted by Gasteiger charge is -2.22. The Labute approximate surface area is 174 Å². The van der Waals surface area contributed by atoms with E-state index in [1.807, 2.05) is 43.2 Å². The maximum Gasteiger partial charge on any atom is 0.223 e. The number of nitrogens with one attached hydrogen (secondary N) is 1. The topological polar surface area (TPSA) is 59.4 Å². The van der Waals surface area contributed by atoms with Crippen molar-refractivity contribution < 1.29 is 9.53 Å². The Morgan fingerprint density at radius 2 is 2.03 bits per heavy atom. The maximum atomic E-state index is 12.3. The van der Waals surface area contributed by atoms with Crippen LogP contribution in [0.1, 0.15) is 50.2 Å². The molecule has 1 heterocycles. The number of nitrogens with zero attached hydrogens (tertiary/aromatic N) is 3. The van der Waals surface area contributed by atoms with Crippen molar-refractivity contribution in [3.8, 4) is 5.75 Å². The summed E-state index contributed by atoms with van der Waals surface area (Å²) in [6.07, 6.45) is 9.53. The van der Waals surface area contributed by atoms with Gasteiger partial charge in [-0.2, -0.15) is 5.10 Å². The third-order valence-electron chi connectivity index (χ3n) is 5.44. The lowest BCUT2D eigenvalue weighted by Crippen LogP contribution is -2.38. The average Bonchev–Trinajstić information content (AvgIpc) is 3.11. The van der Waals surface area contributed by atoms with E-state index in [9.17, 15) is 4.79 Å². The van der Waals surface area contributed by atoms with Gasteiger partial charge in [0.05, 0.1) is 12.7 Å². The van der Waals surface area contributed by atoms with Crippen LogP contribution in [0.2, 0.25) is 0 Å². The zero-order valence-corrected chi connectivity index (χ0v) is 17.9. The van der Waals surface area contributed by atoms with Gasteiger partial charge in [0.25, 0.3) is 0 Å². The van der Waals surface area contributed by atoms with Gasteiger partial charge in [0.2, 0.25) is 5.91 Å². The molecule has 1 amide bonds. The molecule has 29 heavy (non-hydrogen) atoms. The van der Waals surface area contributed by atoms with Crippen LogP contribution in [0.25, 0.3) is 0 Å². The van der Waals surface area contributed by atoms with Crippen molar-refractivity contribution in [2.24, 2.45) is 13.0 Å². The summed E-state index contributed by atoms with van der Waals surface area (Å²) in [5.74, 6) is 1.22. The Morgan fingerprint density at radius 1 is 1.28 bits per heavy atom. The number of carbonyl (C=O) groups excluding carboxylic acids is 1.